The van der Waals surface area contributed by atoms with Crippen molar-refractivity contribution >= 4 is 0 Å². The normalized spacial score (nSPS) is 31.0. The van der Waals surface area contributed by atoms with Crippen LogP contribution in [0.3, 0.4) is 0 Å². The van der Waals surface area contributed by atoms with Gasteiger partial charge in [-0.3, -0.25) is 0 Å². The van der Waals surface area contributed by atoms with E-state index in [0.29, 0.717) is 6.10 Å². The molecule has 1 heterocycles. The Bertz CT molecular complexity index is 125. The van der Waals surface area contributed by atoms with Crippen LogP contribution in [0.5, 0.6) is 0 Å². The molecule has 1 aliphatic heterocycles. The Morgan fingerprint density at radius 2 is 2.25 bits per heavy atom. The van der Waals surface area contributed by atoms with Crippen LogP contribution in [0.1, 0.15) is 27.2 Å². The molecule has 0 spiro atoms. The molecule has 0 aliphatic carbocycles. The summed E-state index contributed by atoms with van der Waals surface area (Å²) in [5.74, 6) is 1.55. The summed E-state index contributed by atoms with van der Waals surface area (Å²) in [6.45, 7) is 9.78. The Kier molecular flexibility index (Phi) is 4.02. The molecular weight excluding hydrogens is 150 g/mol. The molecule has 72 valence electrons. The van der Waals surface area contributed by atoms with Gasteiger partial charge in [-0.2, -0.15) is 0 Å². The van der Waals surface area contributed by atoms with Gasteiger partial charge in [0, 0.05) is 0 Å². The summed E-state index contributed by atoms with van der Waals surface area (Å²) in [6.07, 6.45) is 1.65. The van der Waals surface area contributed by atoms with Crippen LogP contribution in [0.2, 0.25) is 0 Å². The molecule has 1 N–H and O–H groups in total. The van der Waals surface area contributed by atoms with Gasteiger partial charge in [0.2, 0.25) is 0 Å². The lowest BCUT2D eigenvalue weighted by Crippen LogP contribution is -2.37. The Hall–Kier alpha value is -0.0800. The van der Waals surface area contributed by atoms with Crippen molar-refractivity contribution in [2.75, 3.05) is 19.7 Å². The third-order valence-corrected chi connectivity index (χ3v) is 2.61. The van der Waals surface area contributed by atoms with Crippen molar-refractivity contribution in [3.63, 3.8) is 0 Å². The maximum Gasteiger partial charge on any atom is 0.0519 e. The zero-order chi connectivity index (χ0) is 8.97. The number of nitrogens with one attached hydrogen (secondary N) is 1. The van der Waals surface area contributed by atoms with E-state index in [9.17, 15) is 0 Å². The minimum absolute atomic E-state index is 0.382. The average molecular weight is 171 g/mol. The molecule has 2 nitrogen and oxygen atoms in total. The Balaban J connectivity index is 2.20. The fourth-order valence-electron chi connectivity index (χ4n) is 1.63. The van der Waals surface area contributed by atoms with Crippen LogP contribution >= 0.6 is 0 Å². The average Bonchev–Trinajstić information content (AvgIpc) is 2.03. The van der Waals surface area contributed by atoms with E-state index in [4.69, 9.17) is 4.74 Å². The molecule has 0 amide bonds. The smallest absolute Gasteiger partial charge is 0.0519 e. The molecule has 1 rings (SSSR count). The molecule has 1 saturated heterocycles. The zero-order valence-electron chi connectivity index (χ0n) is 8.47. The van der Waals surface area contributed by atoms with Gasteiger partial charge in [-0.05, 0) is 45.2 Å². The lowest BCUT2D eigenvalue weighted by molar-refractivity contribution is 0.0286. The second-order valence-electron chi connectivity index (χ2n) is 4.11. The summed E-state index contributed by atoms with van der Waals surface area (Å²) in [5.41, 5.74) is 0. The van der Waals surface area contributed by atoms with Crippen LogP contribution in [0.4, 0.5) is 0 Å². The van der Waals surface area contributed by atoms with Crippen LogP contribution in [-0.2, 0) is 4.74 Å². The van der Waals surface area contributed by atoms with Crippen molar-refractivity contribution in [3.8, 4) is 0 Å². The summed E-state index contributed by atoms with van der Waals surface area (Å²) >= 11 is 0. The SMILES string of the molecule is CC(C)OCC1CCNCC1C. The van der Waals surface area contributed by atoms with Crippen LogP contribution in [0.15, 0.2) is 0 Å². The standard InChI is InChI=1S/C10H21NO/c1-8(2)12-7-10-4-5-11-6-9(10)3/h8-11H,4-7H2,1-3H3. The molecule has 1 fully saturated rings. The van der Waals surface area contributed by atoms with Crippen molar-refractivity contribution in [1.82, 2.24) is 5.32 Å². The third kappa shape index (κ3) is 3.11. The van der Waals surface area contributed by atoms with Gasteiger partial charge >= 0.3 is 0 Å². The molecule has 2 atom stereocenters. The Morgan fingerprint density at radius 3 is 2.83 bits per heavy atom. The van der Waals surface area contributed by atoms with E-state index >= 15 is 0 Å². The number of piperidine rings is 1. The molecule has 2 unspecified atom stereocenters. The molecule has 0 aromatic heterocycles. The van der Waals surface area contributed by atoms with Gasteiger partial charge in [0.1, 0.15) is 0 Å². The topological polar surface area (TPSA) is 21.3 Å². The van der Waals surface area contributed by atoms with E-state index in [2.05, 4.69) is 26.1 Å². The van der Waals surface area contributed by atoms with Crippen LogP contribution in [0, 0.1) is 11.8 Å². The van der Waals surface area contributed by atoms with E-state index in [-0.39, 0.29) is 0 Å². The van der Waals surface area contributed by atoms with Gasteiger partial charge in [-0.25, -0.2) is 0 Å². The second-order valence-corrected chi connectivity index (χ2v) is 4.11. The van der Waals surface area contributed by atoms with Gasteiger partial charge in [0.25, 0.3) is 0 Å². The van der Waals surface area contributed by atoms with Crippen molar-refractivity contribution in [1.29, 1.82) is 0 Å². The van der Waals surface area contributed by atoms with Crippen molar-refractivity contribution < 1.29 is 4.74 Å². The van der Waals surface area contributed by atoms with E-state index in [1.165, 1.54) is 6.42 Å². The molecule has 0 aromatic carbocycles. The number of ether oxygens (including phenoxy) is 1. The predicted molar refractivity (Wildman–Crippen MR) is 51.2 cm³/mol. The quantitative estimate of drug-likeness (QED) is 0.697. The fraction of sp³-hybridized carbons (Fsp3) is 1.00. The molecule has 0 bridgehead atoms. The van der Waals surface area contributed by atoms with Gasteiger partial charge in [-0.15, -0.1) is 0 Å². The number of rotatable bonds is 3. The third-order valence-electron chi connectivity index (χ3n) is 2.61. The highest BCUT2D eigenvalue weighted by atomic mass is 16.5. The summed E-state index contributed by atoms with van der Waals surface area (Å²) in [7, 11) is 0. The van der Waals surface area contributed by atoms with Gasteiger partial charge in [0.05, 0.1) is 12.7 Å². The van der Waals surface area contributed by atoms with Crippen molar-refractivity contribution in [2.45, 2.75) is 33.3 Å². The molecule has 2 heteroatoms. The minimum Gasteiger partial charge on any atom is -0.378 e. The summed E-state index contributed by atoms with van der Waals surface area (Å²) in [5, 5.41) is 3.40. The minimum atomic E-state index is 0.382. The highest BCUT2D eigenvalue weighted by Gasteiger charge is 2.20. The summed E-state index contributed by atoms with van der Waals surface area (Å²) < 4.78 is 5.62. The number of hydrogen-bond donors (Lipinski definition) is 1. The van der Waals surface area contributed by atoms with Gasteiger partial charge < -0.3 is 10.1 Å². The monoisotopic (exact) mass is 171 g/mol. The summed E-state index contributed by atoms with van der Waals surface area (Å²) in [6, 6.07) is 0. The first-order valence-corrected chi connectivity index (χ1v) is 5.02. The maximum atomic E-state index is 5.62. The van der Waals surface area contributed by atoms with Crippen LogP contribution in [0.25, 0.3) is 0 Å². The second kappa shape index (κ2) is 4.83. The first kappa shape index (κ1) is 10.0. The Labute approximate surface area is 75.7 Å². The van der Waals surface area contributed by atoms with E-state index in [1.54, 1.807) is 0 Å². The highest BCUT2D eigenvalue weighted by Crippen LogP contribution is 2.19. The van der Waals surface area contributed by atoms with Crippen LogP contribution in [-0.4, -0.2) is 25.8 Å². The molecule has 0 radical (unpaired) electrons. The lowest BCUT2D eigenvalue weighted by atomic mass is 9.89. The first-order valence-electron chi connectivity index (χ1n) is 5.02. The van der Waals surface area contributed by atoms with Crippen molar-refractivity contribution in [2.24, 2.45) is 11.8 Å². The van der Waals surface area contributed by atoms with E-state index < -0.39 is 0 Å². The largest absolute Gasteiger partial charge is 0.378 e. The van der Waals surface area contributed by atoms with E-state index in [0.717, 1.165) is 31.5 Å². The van der Waals surface area contributed by atoms with E-state index in [1.807, 2.05) is 0 Å². The molecule has 1 aliphatic rings. The summed E-state index contributed by atoms with van der Waals surface area (Å²) in [4.78, 5) is 0. The maximum absolute atomic E-state index is 5.62. The number of hydrogen-bond acceptors (Lipinski definition) is 2. The molecule has 0 saturated carbocycles. The molecule has 12 heavy (non-hydrogen) atoms. The van der Waals surface area contributed by atoms with Gasteiger partial charge in [0.15, 0.2) is 0 Å². The first-order chi connectivity index (χ1) is 5.70. The fourth-order valence-corrected chi connectivity index (χ4v) is 1.63. The lowest BCUT2D eigenvalue weighted by Gasteiger charge is -2.29. The molecular formula is C10H21NO. The van der Waals surface area contributed by atoms with Crippen molar-refractivity contribution in [3.05, 3.63) is 0 Å². The van der Waals surface area contributed by atoms with Crippen LogP contribution < -0.4 is 5.32 Å². The zero-order valence-corrected chi connectivity index (χ0v) is 8.47. The highest BCUT2D eigenvalue weighted by molar-refractivity contribution is 4.74. The molecule has 0 aromatic rings. The predicted octanol–water partition coefficient (Wildman–Crippen LogP) is 1.66. The Morgan fingerprint density at radius 1 is 1.50 bits per heavy atom. The van der Waals surface area contributed by atoms with Gasteiger partial charge in [-0.1, -0.05) is 6.92 Å².